The number of furan rings is 1. The molecule has 3 heteroatoms. The maximum Gasteiger partial charge on any atom is 0.117 e. The SMILES string of the molecule is CC(C)CC(CCO)CNCc1ccco1. The molecule has 92 valence electrons. The minimum Gasteiger partial charge on any atom is -0.468 e. The number of aliphatic hydroxyl groups excluding tert-OH is 1. The molecule has 0 fully saturated rings. The molecular weight excluding hydrogens is 202 g/mol. The van der Waals surface area contributed by atoms with Crippen LogP contribution >= 0.6 is 0 Å². The maximum absolute atomic E-state index is 8.99. The van der Waals surface area contributed by atoms with Gasteiger partial charge in [-0.25, -0.2) is 0 Å². The van der Waals surface area contributed by atoms with Gasteiger partial charge in [-0.05, 0) is 43.4 Å². The van der Waals surface area contributed by atoms with Crippen molar-refractivity contribution >= 4 is 0 Å². The molecule has 1 aromatic heterocycles. The van der Waals surface area contributed by atoms with Crippen LogP contribution in [0.3, 0.4) is 0 Å². The van der Waals surface area contributed by atoms with E-state index in [1.54, 1.807) is 6.26 Å². The summed E-state index contributed by atoms with van der Waals surface area (Å²) in [6, 6.07) is 3.87. The first-order chi connectivity index (χ1) is 7.72. The molecule has 0 aliphatic rings. The lowest BCUT2D eigenvalue weighted by Gasteiger charge is -2.18. The Balaban J connectivity index is 2.21. The lowest BCUT2D eigenvalue weighted by atomic mass is 9.94. The Labute approximate surface area is 97.9 Å². The van der Waals surface area contributed by atoms with Gasteiger partial charge in [0.2, 0.25) is 0 Å². The van der Waals surface area contributed by atoms with Crippen LogP contribution < -0.4 is 5.32 Å². The second kappa shape index (κ2) is 7.47. The van der Waals surface area contributed by atoms with E-state index in [-0.39, 0.29) is 6.61 Å². The molecule has 16 heavy (non-hydrogen) atoms. The predicted molar refractivity (Wildman–Crippen MR) is 65.1 cm³/mol. The highest BCUT2D eigenvalue weighted by Gasteiger charge is 2.10. The van der Waals surface area contributed by atoms with E-state index >= 15 is 0 Å². The van der Waals surface area contributed by atoms with Crippen molar-refractivity contribution in [3.8, 4) is 0 Å². The summed E-state index contributed by atoms with van der Waals surface area (Å²) in [6.07, 6.45) is 3.73. The molecule has 0 saturated heterocycles. The molecule has 0 aliphatic carbocycles. The molecule has 0 aromatic carbocycles. The molecule has 1 aromatic rings. The molecule has 2 N–H and O–H groups in total. The van der Waals surface area contributed by atoms with E-state index in [4.69, 9.17) is 9.52 Å². The Bertz CT molecular complexity index is 257. The molecular formula is C13H23NO2. The van der Waals surface area contributed by atoms with Gasteiger partial charge >= 0.3 is 0 Å². The van der Waals surface area contributed by atoms with E-state index in [1.165, 1.54) is 0 Å². The zero-order chi connectivity index (χ0) is 11.8. The average molecular weight is 225 g/mol. The molecule has 0 bridgehead atoms. The fourth-order valence-corrected chi connectivity index (χ4v) is 1.97. The highest BCUT2D eigenvalue weighted by Crippen LogP contribution is 2.14. The van der Waals surface area contributed by atoms with Gasteiger partial charge in [0.25, 0.3) is 0 Å². The van der Waals surface area contributed by atoms with E-state index in [1.807, 2.05) is 12.1 Å². The van der Waals surface area contributed by atoms with E-state index in [9.17, 15) is 0 Å². The average Bonchev–Trinajstić information content (AvgIpc) is 2.70. The zero-order valence-electron chi connectivity index (χ0n) is 10.3. The Hall–Kier alpha value is -0.800. The molecule has 1 unspecified atom stereocenters. The second-order valence-corrected chi connectivity index (χ2v) is 4.72. The van der Waals surface area contributed by atoms with Crippen LogP contribution in [-0.2, 0) is 6.54 Å². The first kappa shape index (κ1) is 13.3. The number of nitrogens with one attached hydrogen (secondary N) is 1. The van der Waals surface area contributed by atoms with Gasteiger partial charge in [-0.3, -0.25) is 0 Å². The number of hydrogen-bond acceptors (Lipinski definition) is 3. The quantitative estimate of drug-likeness (QED) is 0.714. The fraction of sp³-hybridized carbons (Fsp3) is 0.692. The third-order valence-corrected chi connectivity index (χ3v) is 2.65. The van der Waals surface area contributed by atoms with Gasteiger partial charge in [0, 0.05) is 6.61 Å². The van der Waals surface area contributed by atoms with Crippen LogP contribution in [0.25, 0.3) is 0 Å². The standard InChI is InChI=1S/C13H23NO2/c1-11(2)8-12(5-6-15)9-14-10-13-4-3-7-16-13/h3-4,7,11-12,14-15H,5-6,8-10H2,1-2H3. The van der Waals surface area contributed by atoms with Crippen LogP contribution in [-0.4, -0.2) is 18.3 Å². The third kappa shape index (κ3) is 5.33. The van der Waals surface area contributed by atoms with Crippen molar-refractivity contribution in [2.24, 2.45) is 11.8 Å². The van der Waals surface area contributed by atoms with Crippen molar-refractivity contribution in [2.75, 3.05) is 13.2 Å². The molecule has 3 nitrogen and oxygen atoms in total. The normalized spacial score (nSPS) is 13.2. The van der Waals surface area contributed by atoms with Crippen LogP contribution in [0.1, 0.15) is 32.4 Å². The summed E-state index contributed by atoms with van der Waals surface area (Å²) in [7, 11) is 0. The van der Waals surface area contributed by atoms with Gasteiger partial charge in [0.15, 0.2) is 0 Å². The third-order valence-electron chi connectivity index (χ3n) is 2.65. The largest absolute Gasteiger partial charge is 0.468 e. The Morgan fingerprint density at radius 1 is 1.44 bits per heavy atom. The van der Waals surface area contributed by atoms with Crippen LogP contribution in [0.2, 0.25) is 0 Å². The first-order valence-corrected chi connectivity index (χ1v) is 6.06. The lowest BCUT2D eigenvalue weighted by molar-refractivity contribution is 0.238. The van der Waals surface area contributed by atoms with Gasteiger partial charge in [0.05, 0.1) is 12.8 Å². The van der Waals surface area contributed by atoms with Crippen LogP contribution in [0, 0.1) is 11.8 Å². The molecule has 0 amide bonds. The number of hydrogen-bond donors (Lipinski definition) is 2. The highest BCUT2D eigenvalue weighted by molar-refractivity contribution is 4.97. The minimum absolute atomic E-state index is 0.278. The number of rotatable bonds is 8. The van der Waals surface area contributed by atoms with Crippen molar-refractivity contribution in [1.82, 2.24) is 5.32 Å². The Kier molecular flexibility index (Phi) is 6.19. The van der Waals surface area contributed by atoms with Gasteiger partial charge in [-0.1, -0.05) is 13.8 Å². The summed E-state index contributed by atoms with van der Waals surface area (Å²) in [6.45, 7) is 6.43. The topological polar surface area (TPSA) is 45.4 Å². The summed E-state index contributed by atoms with van der Waals surface area (Å²) in [4.78, 5) is 0. The summed E-state index contributed by atoms with van der Waals surface area (Å²) in [5, 5.41) is 12.4. The lowest BCUT2D eigenvalue weighted by Crippen LogP contribution is -2.24. The van der Waals surface area contributed by atoms with Crippen molar-refractivity contribution in [1.29, 1.82) is 0 Å². The van der Waals surface area contributed by atoms with Crippen molar-refractivity contribution in [3.05, 3.63) is 24.2 Å². The van der Waals surface area contributed by atoms with E-state index in [2.05, 4.69) is 19.2 Å². The van der Waals surface area contributed by atoms with Crippen molar-refractivity contribution in [3.63, 3.8) is 0 Å². The highest BCUT2D eigenvalue weighted by atomic mass is 16.3. The molecule has 1 atom stereocenters. The van der Waals surface area contributed by atoms with Gasteiger partial charge in [-0.2, -0.15) is 0 Å². The molecule has 1 rings (SSSR count). The van der Waals surface area contributed by atoms with Gasteiger partial charge in [-0.15, -0.1) is 0 Å². The Morgan fingerprint density at radius 2 is 2.25 bits per heavy atom. The van der Waals surface area contributed by atoms with Crippen molar-refractivity contribution in [2.45, 2.75) is 33.2 Å². The molecule has 0 aliphatic heterocycles. The zero-order valence-corrected chi connectivity index (χ0v) is 10.3. The first-order valence-electron chi connectivity index (χ1n) is 6.06. The monoisotopic (exact) mass is 225 g/mol. The summed E-state index contributed by atoms with van der Waals surface area (Å²) < 4.78 is 5.24. The minimum atomic E-state index is 0.278. The van der Waals surface area contributed by atoms with E-state index in [0.717, 1.165) is 31.7 Å². The maximum atomic E-state index is 8.99. The van der Waals surface area contributed by atoms with Crippen molar-refractivity contribution < 1.29 is 9.52 Å². The Morgan fingerprint density at radius 3 is 2.81 bits per heavy atom. The van der Waals surface area contributed by atoms with E-state index in [0.29, 0.717) is 11.8 Å². The molecule has 0 radical (unpaired) electrons. The van der Waals surface area contributed by atoms with Gasteiger partial charge < -0.3 is 14.8 Å². The number of aliphatic hydroxyl groups is 1. The fourth-order valence-electron chi connectivity index (χ4n) is 1.97. The molecule has 0 saturated carbocycles. The van der Waals surface area contributed by atoms with E-state index < -0.39 is 0 Å². The van der Waals surface area contributed by atoms with Crippen LogP contribution in [0.4, 0.5) is 0 Å². The summed E-state index contributed by atoms with van der Waals surface area (Å²) >= 11 is 0. The summed E-state index contributed by atoms with van der Waals surface area (Å²) in [5.41, 5.74) is 0. The van der Waals surface area contributed by atoms with Gasteiger partial charge in [0.1, 0.15) is 5.76 Å². The summed E-state index contributed by atoms with van der Waals surface area (Å²) in [5.74, 6) is 2.20. The van der Waals surface area contributed by atoms with Crippen LogP contribution in [0.5, 0.6) is 0 Å². The smallest absolute Gasteiger partial charge is 0.117 e. The molecule has 0 spiro atoms. The predicted octanol–water partition coefficient (Wildman–Crippen LogP) is 2.41. The van der Waals surface area contributed by atoms with Crippen LogP contribution in [0.15, 0.2) is 22.8 Å². The molecule has 1 heterocycles. The second-order valence-electron chi connectivity index (χ2n) is 4.72.